The number of hydrogen-bond donors (Lipinski definition) is 0. The van der Waals surface area contributed by atoms with Crippen LogP contribution in [0.3, 0.4) is 0 Å². The second-order valence-corrected chi connectivity index (χ2v) is 18.9. The fourth-order valence-electron chi connectivity index (χ4n) is 9.01. The lowest BCUT2D eigenvalue weighted by Crippen LogP contribution is -2.34. The van der Waals surface area contributed by atoms with E-state index in [1.807, 2.05) is 64.4 Å². The molecule has 9 heteroatoms. The van der Waals surface area contributed by atoms with Gasteiger partial charge in [0, 0.05) is 55.2 Å². The van der Waals surface area contributed by atoms with Crippen molar-refractivity contribution >= 4 is 89.9 Å². The molecule has 0 aliphatic heterocycles. The summed E-state index contributed by atoms with van der Waals surface area (Å²) >= 11 is 9.31. The maximum atomic E-state index is 9.37. The molecule has 4 nitrogen and oxygen atoms in total. The van der Waals surface area contributed by atoms with E-state index in [2.05, 4.69) is 30.3 Å². The quantitative estimate of drug-likeness (QED) is 0.172. The number of fused-ring (bicyclic) bond motifs is 10. The fourth-order valence-corrected chi connectivity index (χ4v) is 15.5. The summed E-state index contributed by atoms with van der Waals surface area (Å²) in [7, 11) is 0. The lowest BCUT2D eigenvalue weighted by Gasteiger charge is -2.42. The van der Waals surface area contributed by atoms with Gasteiger partial charge in [0.15, 0.2) is 0 Å². The number of rotatable bonds is 4. The molecule has 4 aliphatic rings. The summed E-state index contributed by atoms with van der Waals surface area (Å²) in [6.45, 7) is 0. The molecule has 5 aromatic rings. The highest BCUT2D eigenvalue weighted by atomic mass is 32.1. The third-order valence-electron chi connectivity index (χ3n) is 11.0. The lowest BCUT2D eigenvalue weighted by molar-refractivity contribution is 0.335. The zero-order valence-electron chi connectivity index (χ0n) is 26.5. The molecular formula is C40H28N4S5. The molecule has 0 radical (unpaired) electrons. The Morgan fingerprint density at radius 3 is 1.78 bits per heavy atom. The molecule has 0 unspecified atom stereocenters. The summed E-state index contributed by atoms with van der Waals surface area (Å²) in [6, 6.07) is 18.8. The van der Waals surface area contributed by atoms with Gasteiger partial charge >= 0.3 is 0 Å². The van der Waals surface area contributed by atoms with Crippen molar-refractivity contribution in [3.8, 4) is 43.8 Å². The molecule has 4 aliphatic carbocycles. The van der Waals surface area contributed by atoms with Crippen LogP contribution in [-0.2, 0) is 10.8 Å². The second-order valence-electron chi connectivity index (χ2n) is 13.5. The molecule has 5 aromatic heterocycles. The molecule has 49 heavy (non-hydrogen) atoms. The van der Waals surface area contributed by atoms with Crippen molar-refractivity contribution in [2.45, 2.75) is 75.0 Å². The molecule has 238 valence electrons. The Kier molecular flexibility index (Phi) is 7.44. The van der Waals surface area contributed by atoms with Gasteiger partial charge < -0.3 is 0 Å². The molecule has 0 aromatic carbocycles. The lowest BCUT2D eigenvalue weighted by atomic mass is 9.61. The van der Waals surface area contributed by atoms with E-state index in [4.69, 9.17) is 0 Å². The predicted molar refractivity (Wildman–Crippen MR) is 206 cm³/mol. The van der Waals surface area contributed by atoms with Gasteiger partial charge in [0.05, 0.1) is 9.58 Å². The first-order chi connectivity index (χ1) is 24.0. The number of nitriles is 4. The molecule has 2 spiro atoms. The summed E-state index contributed by atoms with van der Waals surface area (Å²) < 4.78 is 2.84. The van der Waals surface area contributed by atoms with Crippen molar-refractivity contribution in [1.82, 2.24) is 0 Å². The first kappa shape index (κ1) is 31.0. The normalized spacial score (nSPS) is 17.8. The highest BCUT2D eigenvalue weighted by Crippen LogP contribution is 2.70. The number of hydrogen-bond acceptors (Lipinski definition) is 9. The number of allylic oxidation sites excluding steroid dienone is 3. The summed E-state index contributed by atoms with van der Waals surface area (Å²) in [6.07, 6.45) is 18.3. The average molecular weight is 725 g/mol. The molecular weight excluding hydrogens is 697 g/mol. The summed E-state index contributed by atoms with van der Waals surface area (Å²) in [5.74, 6) is 0. The van der Waals surface area contributed by atoms with Gasteiger partial charge in [0.1, 0.15) is 35.4 Å². The Balaban J connectivity index is 1.18. The van der Waals surface area contributed by atoms with E-state index in [9.17, 15) is 21.0 Å². The molecule has 0 saturated heterocycles. The molecule has 9 rings (SSSR count). The van der Waals surface area contributed by atoms with Crippen molar-refractivity contribution in [3.05, 3.63) is 77.7 Å². The summed E-state index contributed by atoms with van der Waals surface area (Å²) in [5.41, 5.74) is 6.71. The molecule has 0 bridgehead atoms. The van der Waals surface area contributed by atoms with Crippen LogP contribution in [0.2, 0.25) is 0 Å². The van der Waals surface area contributed by atoms with Crippen molar-refractivity contribution < 1.29 is 0 Å². The number of nitrogens with zero attached hydrogens (tertiary/aromatic N) is 4. The van der Waals surface area contributed by atoms with E-state index in [1.54, 1.807) is 51.5 Å². The van der Waals surface area contributed by atoms with Gasteiger partial charge in [-0.1, -0.05) is 38.5 Å². The zero-order valence-corrected chi connectivity index (χ0v) is 30.6. The predicted octanol–water partition coefficient (Wildman–Crippen LogP) is 12.7. The second kappa shape index (κ2) is 11.8. The van der Waals surface area contributed by atoms with E-state index in [1.165, 1.54) is 108 Å². The summed E-state index contributed by atoms with van der Waals surface area (Å²) in [5, 5.41) is 37.2. The van der Waals surface area contributed by atoms with Crippen LogP contribution in [0, 0.1) is 45.3 Å². The van der Waals surface area contributed by atoms with Gasteiger partial charge in [-0.2, -0.15) is 21.0 Å². The van der Waals surface area contributed by atoms with Gasteiger partial charge in [-0.05, 0) is 90.9 Å². The maximum absolute atomic E-state index is 9.37. The molecule has 5 heterocycles. The van der Waals surface area contributed by atoms with Crippen LogP contribution < -0.4 is 0 Å². The molecule has 0 atom stereocenters. The van der Waals surface area contributed by atoms with Crippen molar-refractivity contribution in [1.29, 1.82) is 21.0 Å². The van der Waals surface area contributed by atoms with Crippen molar-refractivity contribution in [2.75, 3.05) is 0 Å². The first-order valence-electron chi connectivity index (χ1n) is 16.7. The van der Waals surface area contributed by atoms with Gasteiger partial charge in [0.2, 0.25) is 0 Å². The Morgan fingerprint density at radius 2 is 1.14 bits per heavy atom. The van der Waals surface area contributed by atoms with Crippen LogP contribution >= 0.6 is 56.7 Å². The topological polar surface area (TPSA) is 95.2 Å². The Bertz CT molecular complexity index is 2430. The minimum atomic E-state index is 0.0156. The Hall–Kier alpha value is -4.06. The average Bonchev–Trinajstić information content (AvgIpc) is 3.98. The molecule has 0 N–H and O–H groups in total. The molecule has 0 amide bonds. The highest BCUT2D eigenvalue weighted by Gasteiger charge is 2.55. The Morgan fingerprint density at radius 1 is 0.571 bits per heavy atom. The molecule has 2 saturated carbocycles. The monoisotopic (exact) mass is 724 g/mol. The largest absolute Gasteiger partial charge is 0.192 e. The maximum Gasteiger partial charge on any atom is 0.131 e. The van der Waals surface area contributed by atoms with Crippen LogP contribution in [-0.4, -0.2) is 0 Å². The van der Waals surface area contributed by atoms with Gasteiger partial charge in [-0.15, -0.1) is 56.7 Å². The van der Waals surface area contributed by atoms with Gasteiger partial charge in [-0.25, -0.2) is 0 Å². The first-order valence-corrected chi connectivity index (χ1v) is 20.8. The van der Waals surface area contributed by atoms with Crippen LogP contribution in [0.15, 0.2) is 41.5 Å². The third kappa shape index (κ3) is 4.58. The number of thiophene rings is 5. The van der Waals surface area contributed by atoms with Crippen molar-refractivity contribution in [3.63, 3.8) is 0 Å². The van der Waals surface area contributed by atoms with Crippen LogP contribution in [0.4, 0.5) is 0 Å². The van der Waals surface area contributed by atoms with Crippen LogP contribution in [0.1, 0.15) is 100 Å². The minimum absolute atomic E-state index is 0.0156. The van der Waals surface area contributed by atoms with E-state index in [0.717, 1.165) is 9.75 Å². The summed E-state index contributed by atoms with van der Waals surface area (Å²) in [4.78, 5) is 10.1. The minimum Gasteiger partial charge on any atom is -0.192 e. The van der Waals surface area contributed by atoms with Crippen molar-refractivity contribution in [2.24, 2.45) is 0 Å². The van der Waals surface area contributed by atoms with Crippen LogP contribution in [0.25, 0.3) is 52.7 Å². The highest BCUT2D eigenvalue weighted by molar-refractivity contribution is 7.34. The van der Waals surface area contributed by atoms with Gasteiger partial charge in [-0.3, -0.25) is 0 Å². The van der Waals surface area contributed by atoms with E-state index < -0.39 is 0 Å². The van der Waals surface area contributed by atoms with E-state index in [-0.39, 0.29) is 22.0 Å². The zero-order chi connectivity index (χ0) is 33.3. The van der Waals surface area contributed by atoms with Crippen LogP contribution in [0.5, 0.6) is 0 Å². The third-order valence-corrected chi connectivity index (χ3v) is 17.0. The molecule has 2 fully saturated rings. The van der Waals surface area contributed by atoms with E-state index in [0.29, 0.717) is 0 Å². The smallest absolute Gasteiger partial charge is 0.131 e. The van der Waals surface area contributed by atoms with Gasteiger partial charge in [0.25, 0.3) is 0 Å². The Labute approximate surface area is 305 Å². The SMILES string of the molecule is N#CC(C#N)=Cc1ccc(C2=Cc3sc4c(c3C23CCCCC3)C2(CCCCC2)c2c-4sc3cc(-c4ccc(C=C(C#N)C#N)s4)sc23)s1. The van der Waals surface area contributed by atoms with E-state index >= 15 is 0 Å². The fraction of sp³-hybridized carbons (Fsp3) is 0.300. The standard InChI is InChI=1S/C40H28N4S5/c41-19-23(20-42)15-25-7-9-28(45-25)27-17-31-33(39(27)11-3-1-4-12-39)34-37(48-31)38-35(40(34)13-5-2-6-14-40)36-32(49-38)18-30(47-36)29-10-8-26(46-29)16-24(21-43)22-44/h7-10,15-18H,1-6,11-14H2.